The van der Waals surface area contributed by atoms with E-state index in [1.807, 2.05) is 6.07 Å². The molecule has 0 heterocycles. The molecule has 1 aromatic rings. The van der Waals surface area contributed by atoms with E-state index in [0.29, 0.717) is 6.54 Å². The molecule has 1 nitrogen and oxygen atoms in total. The summed E-state index contributed by atoms with van der Waals surface area (Å²) in [5.74, 6) is 0.811. The van der Waals surface area contributed by atoms with Crippen LogP contribution in [-0.4, -0.2) is 12.3 Å². The topological polar surface area (TPSA) is 26.0 Å². The molecule has 0 saturated heterocycles. The standard InChI is InChI=1S/C10H14FNS/c1-2-13-10(7-12)8-4-3-5-9(11)6-8/h3-6,10H,2,7,12H2,1H3. The van der Waals surface area contributed by atoms with Crippen LogP contribution in [0.3, 0.4) is 0 Å². The van der Waals surface area contributed by atoms with E-state index in [2.05, 4.69) is 6.92 Å². The molecule has 0 radical (unpaired) electrons. The molecule has 1 unspecified atom stereocenters. The Morgan fingerprint density at radius 3 is 2.85 bits per heavy atom. The zero-order valence-electron chi connectivity index (χ0n) is 7.66. The number of thioether (sulfide) groups is 1. The van der Waals surface area contributed by atoms with Crippen molar-refractivity contribution in [3.63, 3.8) is 0 Å². The summed E-state index contributed by atoms with van der Waals surface area (Å²) in [6.45, 7) is 2.63. The highest BCUT2D eigenvalue weighted by Gasteiger charge is 2.08. The fourth-order valence-electron chi connectivity index (χ4n) is 1.21. The summed E-state index contributed by atoms with van der Waals surface area (Å²) < 4.78 is 12.9. The number of hydrogen-bond acceptors (Lipinski definition) is 2. The maximum atomic E-state index is 12.9. The summed E-state index contributed by atoms with van der Waals surface area (Å²) in [4.78, 5) is 0. The molecule has 1 rings (SSSR count). The third kappa shape index (κ3) is 3.01. The van der Waals surface area contributed by atoms with E-state index in [1.54, 1.807) is 23.9 Å². The van der Waals surface area contributed by atoms with Crippen molar-refractivity contribution >= 4 is 11.8 Å². The lowest BCUT2D eigenvalue weighted by Crippen LogP contribution is -2.09. The minimum Gasteiger partial charge on any atom is -0.329 e. The summed E-state index contributed by atoms with van der Waals surface area (Å²) in [5.41, 5.74) is 6.58. The Hall–Kier alpha value is -0.540. The highest BCUT2D eigenvalue weighted by molar-refractivity contribution is 7.99. The molecule has 3 heteroatoms. The second-order valence-electron chi connectivity index (χ2n) is 2.73. The van der Waals surface area contributed by atoms with Gasteiger partial charge < -0.3 is 5.73 Å². The SMILES string of the molecule is CCSC(CN)c1cccc(F)c1. The molecule has 1 atom stereocenters. The van der Waals surface area contributed by atoms with Crippen molar-refractivity contribution < 1.29 is 4.39 Å². The van der Waals surface area contributed by atoms with Crippen LogP contribution in [0.25, 0.3) is 0 Å². The van der Waals surface area contributed by atoms with Crippen LogP contribution < -0.4 is 5.73 Å². The van der Waals surface area contributed by atoms with Gasteiger partial charge in [0, 0.05) is 11.8 Å². The molecule has 0 amide bonds. The van der Waals surface area contributed by atoms with E-state index in [0.717, 1.165) is 11.3 Å². The lowest BCUT2D eigenvalue weighted by molar-refractivity contribution is 0.625. The Labute approximate surface area is 82.5 Å². The molecule has 0 aliphatic heterocycles. The van der Waals surface area contributed by atoms with Crippen LogP contribution >= 0.6 is 11.8 Å². The van der Waals surface area contributed by atoms with Gasteiger partial charge in [-0.2, -0.15) is 11.8 Å². The molecule has 0 spiro atoms. The van der Waals surface area contributed by atoms with Gasteiger partial charge >= 0.3 is 0 Å². The van der Waals surface area contributed by atoms with Gasteiger partial charge in [-0.25, -0.2) is 4.39 Å². The molecule has 13 heavy (non-hydrogen) atoms. The predicted molar refractivity (Wildman–Crippen MR) is 56.3 cm³/mol. The number of hydrogen-bond donors (Lipinski definition) is 1. The van der Waals surface area contributed by atoms with Gasteiger partial charge in [0.25, 0.3) is 0 Å². The van der Waals surface area contributed by atoms with Crippen LogP contribution in [-0.2, 0) is 0 Å². The zero-order valence-corrected chi connectivity index (χ0v) is 8.48. The monoisotopic (exact) mass is 199 g/mol. The Balaban J connectivity index is 2.78. The molecule has 2 N–H and O–H groups in total. The first-order chi connectivity index (χ1) is 6.27. The van der Waals surface area contributed by atoms with Crippen LogP contribution in [0, 0.1) is 5.82 Å². The summed E-state index contributed by atoms with van der Waals surface area (Å²) in [5, 5.41) is 0.223. The highest BCUT2D eigenvalue weighted by Crippen LogP contribution is 2.27. The minimum atomic E-state index is -0.187. The minimum absolute atomic E-state index is 0.187. The zero-order chi connectivity index (χ0) is 9.68. The fraction of sp³-hybridized carbons (Fsp3) is 0.400. The van der Waals surface area contributed by atoms with Crippen molar-refractivity contribution in [2.75, 3.05) is 12.3 Å². The number of halogens is 1. The largest absolute Gasteiger partial charge is 0.329 e. The molecule has 0 fully saturated rings. The lowest BCUT2D eigenvalue weighted by atomic mass is 10.1. The third-order valence-corrected chi connectivity index (χ3v) is 3.00. The van der Waals surface area contributed by atoms with Crippen molar-refractivity contribution in [1.29, 1.82) is 0 Å². The van der Waals surface area contributed by atoms with Gasteiger partial charge in [0.05, 0.1) is 0 Å². The molecule has 0 bridgehead atoms. The lowest BCUT2D eigenvalue weighted by Gasteiger charge is -2.13. The normalized spacial score (nSPS) is 12.8. The van der Waals surface area contributed by atoms with Gasteiger partial charge in [-0.3, -0.25) is 0 Å². The summed E-state index contributed by atoms with van der Waals surface area (Å²) in [7, 11) is 0. The fourth-order valence-corrected chi connectivity index (χ4v) is 2.09. The molecule has 72 valence electrons. The Kier molecular flexibility index (Phi) is 4.25. The van der Waals surface area contributed by atoms with Crippen molar-refractivity contribution in [3.05, 3.63) is 35.6 Å². The number of benzene rings is 1. The van der Waals surface area contributed by atoms with Crippen LogP contribution in [0.5, 0.6) is 0 Å². The van der Waals surface area contributed by atoms with E-state index in [4.69, 9.17) is 5.73 Å². The van der Waals surface area contributed by atoms with E-state index in [9.17, 15) is 4.39 Å². The van der Waals surface area contributed by atoms with Gasteiger partial charge in [0.1, 0.15) is 5.82 Å². The maximum Gasteiger partial charge on any atom is 0.123 e. The van der Waals surface area contributed by atoms with Gasteiger partial charge in [-0.15, -0.1) is 0 Å². The van der Waals surface area contributed by atoms with Crippen LogP contribution in [0.1, 0.15) is 17.7 Å². The van der Waals surface area contributed by atoms with Gasteiger partial charge in [-0.1, -0.05) is 19.1 Å². The summed E-state index contributed by atoms with van der Waals surface area (Å²) in [6, 6.07) is 6.65. The molecule has 1 aromatic carbocycles. The van der Waals surface area contributed by atoms with Crippen LogP contribution in [0.4, 0.5) is 4.39 Å². The first kappa shape index (κ1) is 10.5. The van der Waals surface area contributed by atoms with Gasteiger partial charge in [-0.05, 0) is 23.4 Å². The summed E-state index contributed by atoms with van der Waals surface area (Å²) >= 11 is 1.75. The van der Waals surface area contributed by atoms with Crippen LogP contribution in [0.2, 0.25) is 0 Å². The number of nitrogens with two attached hydrogens (primary N) is 1. The smallest absolute Gasteiger partial charge is 0.123 e. The van der Waals surface area contributed by atoms with E-state index < -0.39 is 0 Å². The molecular formula is C10H14FNS. The van der Waals surface area contributed by atoms with Gasteiger partial charge in [0.2, 0.25) is 0 Å². The maximum absolute atomic E-state index is 12.9. The number of rotatable bonds is 4. The Morgan fingerprint density at radius 2 is 2.31 bits per heavy atom. The molecule has 0 aliphatic carbocycles. The first-order valence-electron chi connectivity index (χ1n) is 4.35. The Bertz CT molecular complexity index is 265. The van der Waals surface area contributed by atoms with Crippen LogP contribution in [0.15, 0.2) is 24.3 Å². The quantitative estimate of drug-likeness (QED) is 0.806. The van der Waals surface area contributed by atoms with Crippen molar-refractivity contribution in [2.45, 2.75) is 12.2 Å². The van der Waals surface area contributed by atoms with Crippen molar-refractivity contribution in [1.82, 2.24) is 0 Å². The first-order valence-corrected chi connectivity index (χ1v) is 5.40. The van der Waals surface area contributed by atoms with E-state index >= 15 is 0 Å². The molecule has 0 saturated carbocycles. The second kappa shape index (κ2) is 5.25. The molecule has 0 aliphatic rings. The summed E-state index contributed by atoms with van der Waals surface area (Å²) in [6.07, 6.45) is 0. The molecular weight excluding hydrogens is 185 g/mol. The highest BCUT2D eigenvalue weighted by atomic mass is 32.2. The second-order valence-corrected chi connectivity index (χ2v) is 4.21. The van der Waals surface area contributed by atoms with Crippen molar-refractivity contribution in [2.24, 2.45) is 5.73 Å². The van der Waals surface area contributed by atoms with Gasteiger partial charge in [0.15, 0.2) is 0 Å². The average molecular weight is 199 g/mol. The van der Waals surface area contributed by atoms with Crippen molar-refractivity contribution in [3.8, 4) is 0 Å². The third-order valence-electron chi connectivity index (χ3n) is 1.80. The average Bonchev–Trinajstić information content (AvgIpc) is 2.14. The van der Waals surface area contributed by atoms with E-state index in [1.165, 1.54) is 6.07 Å². The molecule has 0 aromatic heterocycles. The Morgan fingerprint density at radius 1 is 1.54 bits per heavy atom. The predicted octanol–water partition coefficient (Wildman–Crippen LogP) is 2.58. The van der Waals surface area contributed by atoms with E-state index in [-0.39, 0.29) is 11.1 Å².